The van der Waals surface area contributed by atoms with E-state index in [-0.39, 0.29) is 92.0 Å². The molecule has 0 N–H and O–H groups in total. The zero-order valence-corrected chi connectivity index (χ0v) is 43.8. The van der Waals surface area contributed by atoms with E-state index in [0.717, 1.165) is 49.8 Å². The van der Waals surface area contributed by atoms with Gasteiger partial charge in [0.15, 0.2) is 0 Å². The van der Waals surface area contributed by atoms with Crippen molar-refractivity contribution in [3.05, 3.63) is 159 Å². The summed E-state index contributed by atoms with van der Waals surface area (Å²) in [5.41, 5.74) is 2.80. The lowest BCUT2D eigenvalue weighted by molar-refractivity contribution is -0.385. The Morgan fingerprint density at radius 1 is 0.474 bits per heavy atom. The predicted molar refractivity (Wildman–Crippen MR) is 286 cm³/mol. The van der Waals surface area contributed by atoms with Crippen LogP contribution in [0.5, 0.6) is 23.0 Å². The summed E-state index contributed by atoms with van der Waals surface area (Å²) in [5.74, 6) is -0.0233. The maximum absolute atomic E-state index is 14.3. The molecule has 1 heterocycles. The molecule has 18 heteroatoms. The highest BCUT2D eigenvalue weighted by Crippen LogP contribution is 2.44. The van der Waals surface area contributed by atoms with Gasteiger partial charge in [0.05, 0.1) is 64.6 Å². The van der Waals surface area contributed by atoms with Crippen molar-refractivity contribution in [2.75, 3.05) is 37.9 Å². The van der Waals surface area contributed by atoms with E-state index in [0.29, 0.717) is 106 Å². The number of anilines is 1. The first kappa shape index (κ1) is 55.9. The topological polar surface area (TPSA) is 230 Å². The summed E-state index contributed by atoms with van der Waals surface area (Å²) in [7, 11) is 0. The number of hydrogen-bond donors (Lipinski definition) is 0. The van der Waals surface area contributed by atoms with Crippen molar-refractivity contribution in [3.63, 3.8) is 0 Å². The Kier molecular flexibility index (Phi) is 19.5. The van der Waals surface area contributed by atoms with Gasteiger partial charge in [0, 0.05) is 113 Å². The van der Waals surface area contributed by atoms with Crippen molar-refractivity contribution in [1.82, 2.24) is 0 Å². The molecule has 0 radical (unpaired) electrons. The fraction of sp³-hybridized carbons (Fsp3) is 0.431. The number of rotatable bonds is 26. The summed E-state index contributed by atoms with van der Waals surface area (Å²) in [4.78, 5) is 78.4. The third-order valence-electron chi connectivity index (χ3n) is 13.3. The molecule has 2 aliphatic rings. The molecule has 0 fully saturated rings. The SMILES string of the molecule is CCCOc1c2cc([N+](=O)[O-])cc1Cc1cc([N+](=O)[O-])cc(c1OCCC)Cc1cc(N3C(=O)c4ccccc4C3=O)cc(c1OCCCCCCCCCCC(=O)OCC)Cc1cc([N+](=O)[O-])cc(c1OCCC)C2. The Labute approximate surface area is 442 Å². The fourth-order valence-corrected chi connectivity index (χ4v) is 9.88. The molecule has 402 valence electrons. The molecule has 18 nitrogen and oxygen atoms in total. The van der Waals surface area contributed by atoms with Crippen molar-refractivity contribution in [2.45, 2.75) is 130 Å². The van der Waals surface area contributed by atoms with Crippen LogP contribution >= 0.6 is 0 Å². The van der Waals surface area contributed by atoms with Gasteiger partial charge in [-0.2, -0.15) is 0 Å². The van der Waals surface area contributed by atoms with Crippen LogP contribution in [-0.4, -0.2) is 65.6 Å². The summed E-state index contributed by atoms with van der Waals surface area (Å²) in [6, 6.07) is 18.2. The van der Waals surface area contributed by atoms with Gasteiger partial charge < -0.3 is 23.7 Å². The number of imide groups is 1. The maximum Gasteiger partial charge on any atom is 0.305 e. The molecule has 2 amide bonds. The van der Waals surface area contributed by atoms with Crippen molar-refractivity contribution in [2.24, 2.45) is 0 Å². The van der Waals surface area contributed by atoms with Crippen LogP contribution in [0.2, 0.25) is 0 Å². The lowest BCUT2D eigenvalue weighted by Gasteiger charge is -2.24. The van der Waals surface area contributed by atoms with Crippen LogP contribution in [0.15, 0.2) is 72.8 Å². The van der Waals surface area contributed by atoms with Crippen LogP contribution in [-0.2, 0) is 35.2 Å². The minimum atomic E-state index is -0.558. The highest BCUT2D eigenvalue weighted by molar-refractivity contribution is 6.34. The predicted octanol–water partition coefficient (Wildman–Crippen LogP) is 12.7. The number of esters is 1. The molecule has 0 saturated heterocycles. The van der Waals surface area contributed by atoms with E-state index in [1.807, 2.05) is 20.8 Å². The van der Waals surface area contributed by atoms with Crippen LogP contribution in [0.25, 0.3) is 0 Å². The van der Waals surface area contributed by atoms with Crippen molar-refractivity contribution >= 4 is 40.5 Å². The van der Waals surface area contributed by atoms with Gasteiger partial charge in [-0.05, 0) is 63.3 Å². The third-order valence-corrected chi connectivity index (χ3v) is 13.3. The van der Waals surface area contributed by atoms with Crippen LogP contribution in [0.1, 0.15) is 170 Å². The van der Waals surface area contributed by atoms with Crippen molar-refractivity contribution < 1.29 is 52.8 Å². The Morgan fingerprint density at radius 2 is 0.789 bits per heavy atom. The smallest absolute Gasteiger partial charge is 0.305 e. The largest absolute Gasteiger partial charge is 0.493 e. The van der Waals surface area contributed by atoms with Crippen LogP contribution in [0, 0.1) is 30.3 Å². The number of unbranched alkanes of at least 4 members (excludes halogenated alkanes) is 7. The molecule has 1 aliphatic heterocycles. The van der Waals surface area contributed by atoms with E-state index >= 15 is 0 Å². The summed E-state index contributed by atoms with van der Waals surface area (Å²) < 4.78 is 31.4. The van der Waals surface area contributed by atoms with Gasteiger partial charge in [0.2, 0.25) is 0 Å². The quantitative estimate of drug-likeness (QED) is 0.0162. The molecule has 0 unspecified atom stereocenters. The number of nitro groups is 3. The molecule has 5 aromatic rings. The summed E-state index contributed by atoms with van der Waals surface area (Å²) in [6.07, 6.45) is 8.83. The Balaban J connectivity index is 1.43. The summed E-state index contributed by atoms with van der Waals surface area (Å²) >= 11 is 0. The molecular weight excluding hydrogens is 977 g/mol. The number of ether oxygens (including phenoxy) is 5. The first-order valence-electron chi connectivity index (χ1n) is 26.5. The number of benzene rings is 5. The number of non-ortho nitro benzene ring substituents is 3. The minimum Gasteiger partial charge on any atom is -0.493 e. The molecule has 0 aromatic heterocycles. The molecule has 7 rings (SSSR count). The zero-order valence-electron chi connectivity index (χ0n) is 43.8. The fourth-order valence-electron chi connectivity index (χ4n) is 9.88. The van der Waals surface area contributed by atoms with Gasteiger partial charge in [-0.3, -0.25) is 44.7 Å². The number of carbonyl (C=O) groups is 3. The first-order valence-corrected chi connectivity index (χ1v) is 26.5. The number of amides is 2. The van der Waals surface area contributed by atoms with Gasteiger partial charge >= 0.3 is 5.97 Å². The second-order valence-corrected chi connectivity index (χ2v) is 19.1. The third kappa shape index (κ3) is 13.5. The number of nitro benzene ring substituents is 3. The molecule has 76 heavy (non-hydrogen) atoms. The van der Waals surface area contributed by atoms with E-state index < -0.39 is 26.6 Å². The molecule has 0 atom stereocenters. The van der Waals surface area contributed by atoms with Crippen molar-refractivity contribution in [3.8, 4) is 23.0 Å². The van der Waals surface area contributed by atoms with E-state index in [4.69, 9.17) is 23.7 Å². The minimum absolute atomic E-state index is 0.0814. The molecule has 8 bridgehead atoms. The number of fused-ring (bicyclic) bond motifs is 9. The highest BCUT2D eigenvalue weighted by Gasteiger charge is 2.38. The Hall–Kier alpha value is -7.89. The monoisotopic (exact) mass is 1040 g/mol. The van der Waals surface area contributed by atoms with Gasteiger partial charge in [0.1, 0.15) is 23.0 Å². The Bertz CT molecular complexity index is 2810. The molecular formula is C58H66N4O14. The van der Waals surface area contributed by atoms with Crippen LogP contribution in [0.3, 0.4) is 0 Å². The Morgan fingerprint density at radius 3 is 1.12 bits per heavy atom. The van der Waals surface area contributed by atoms with E-state index in [1.54, 1.807) is 43.3 Å². The number of hydrogen-bond acceptors (Lipinski definition) is 14. The first-order chi connectivity index (χ1) is 36.8. The number of carbonyl (C=O) groups excluding carboxylic acids is 3. The van der Waals surface area contributed by atoms with Crippen LogP contribution < -0.4 is 23.8 Å². The normalized spacial score (nSPS) is 12.8. The average molecular weight is 1040 g/mol. The van der Waals surface area contributed by atoms with E-state index in [1.165, 1.54) is 36.4 Å². The molecule has 0 spiro atoms. The lowest BCUT2D eigenvalue weighted by Crippen LogP contribution is -2.29. The second-order valence-electron chi connectivity index (χ2n) is 19.1. The molecule has 1 aliphatic carbocycles. The summed E-state index contributed by atoms with van der Waals surface area (Å²) in [6.45, 7) is 8.78. The summed E-state index contributed by atoms with van der Waals surface area (Å²) in [5, 5.41) is 38.6. The van der Waals surface area contributed by atoms with Gasteiger partial charge in [-0.15, -0.1) is 0 Å². The maximum atomic E-state index is 14.3. The second kappa shape index (κ2) is 26.5. The number of nitrogens with zero attached hydrogens (tertiary/aromatic N) is 4. The van der Waals surface area contributed by atoms with Gasteiger partial charge in [-0.1, -0.05) is 71.4 Å². The average Bonchev–Trinajstić information content (AvgIpc) is 3.65. The zero-order chi connectivity index (χ0) is 54.3. The van der Waals surface area contributed by atoms with Crippen molar-refractivity contribution in [1.29, 1.82) is 0 Å². The van der Waals surface area contributed by atoms with Crippen LogP contribution in [0.4, 0.5) is 22.7 Å². The van der Waals surface area contributed by atoms with Gasteiger partial charge in [0.25, 0.3) is 28.9 Å². The molecule has 0 saturated carbocycles. The van der Waals surface area contributed by atoms with E-state index in [2.05, 4.69) is 0 Å². The lowest BCUT2D eigenvalue weighted by atomic mass is 9.90. The van der Waals surface area contributed by atoms with Gasteiger partial charge in [-0.25, -0.2) is 4.90 Å². The highest BCUT2D eigenvalue weighted by atomic mass is 16.6. The standard InChI is InChI=1S/C58H66N4O14/c1-5-22-73-53-40-26-38-30-46(59-57(64)50-19-16-17-20-51(50)58(59)65)31-39(56(38)76-25-18-14-12-10-9-11-13-15-21-52(63)72-8-4)27-41-33-48(61(68)69)35-43(54(41)74-23-6-2)29-45-37-49(62(70)71)36-44(55(45)75-24-7-3)28-42(53)34-47(32-40)60(66)67/h16-17,19-20,30-37H,5-15,18,21-29H2,1-4H3. The van der Waals surface area contributed by atoms with E-state index in [9.17, 15) is 44.7 Å². The molecule has 5 aromatic carbocycles.